The highest BCUT2D eigenvalue weighted by Gasteiger charge is 2.35. The highest BCUT2D eigenvalue weighted by atomic mass is 19.4. The zero-order chi connectivity index (χ0) is 26.9. The first-order valence-electron chi connectivity index (χ1n) is 12.4. The molecule has 0 spiro atoms. The van der Waals surface area contributed by atoms with Crippen molar-refractivity contribution in [2.24, 2.45) is 0 Å². The molecule has 38 heavy (non-hydrogen) atoms. The van der Waals surface area contributed by atoms with Crippen molar-refractivity contribution in [1.29, 1.82) is 0 Å². The van der Waals surface area contributed by atoms with E-state index in [0.717, 1.165) is 49.2 Å². The molecule has 0 unspecified atom stereocenters. The minimum absolute atomic E-state index is 0.0379. The summed E-state index contributed by atoms with van der Waals surface area (Å²) in [4.78, 5) is 24.5. The summed E-state index contributed by atoms with van der Waals surface area (Å²) >= 11 is 0. The maximum Gasteiger partial charge on any atom is 0.419 e. The average molecular weight is 527 g/mol. The first-order chi connectivity index (χ1) is 18.2. The molecule has 1 fully saturated rings. The molecule has 0 saturated carbocycles. The molecule has 1 aromatic heterocycles. The maximum absolute atomic E-state index is 13.8. The molecule has 0 aliphatic carbocycles. The van der Waals surface area contributed by atoms with Crippen molar-refractivity contribution in [3.8, 4) is 5.75 Å². The third-order valence-corrected chi connectivity index (χ3v) is 6.99. The van der Waals surface area contributed by atoms with Gasteiger partial charge in [0.05, 0.1) is 30.5 Å². The minimum Gasteiger partial charge on any atom is -0.494 e. The van der Waals surface area contributed by atoms with Gasteiger partial charge in [-0.15, -0.1) is 0 Å². The molecule has 2 N–H and O–H groups in total. The van der Waals surface area contributed by atoms with Crippen LogP contribution in [0.25, 0.3) is 0 Å². The van der Waals surface area contributed by atoms with Gasteiger partial charge in [0.25, 0.3) is 0 Å². The summed E-state index contributed by atoms with van der Waals surface area (Å²) in [5, 5.41) is 5.80. The highest BCUT2D eigenvalue weighted by molar-refractivity contribution is 5.99. The number of methoxy groups -OCH3 is 1. The van der Waals surface area contributed by atoms with Crippen molar-refractivity contribution in [3.63, 3.8) is 0 Å². The summed E-state index contributed by atoms with van der Waals surface area (Å²) in [5.41, 5.74) is 2.94. The molecule has 2 aromatic carbocycles. The van der Waals surface area contributed by atoms with Crippen molar-refractivity contribution in [3.05, 3.63) is 65.0 Å². The Hall–Kier alpha value is -3.86. The number of piperazine rings is 1. The summed E-state index contributed by atoms with van der Waals surface area (Å²) in [6, 6.07) is 11.1. The van der Waals surface area contributed by atoms with Gasteiger partial charge in [-0.3, -0.25) is 4.79 Å². The van der Waals surface area contributed by atoms with Crippen molar-refractivity contribution < 1.29 is 22.7 Å². The van der Waals surface area contributed by atoms with Crippen LogP contribution in [0.3, 0.4) is 0 Å². The Morgan fingerprint density at radius 2 is 1.89 bits per heavy atom. The molecule has 0 radical (unpaired) electrons. The molecule has 200 valence electrons. The van der Waals surface area contributed by atoms with Crippen molar-refractivity contribution in [2.75, 3.05) is 55.9 Å². The summed E-state index contributed by atoms with van der Waals surface area (Å²) in [7, 11) is 3.64. The topological polar surface area (TPSA) is 82.6 Å². The van der Waals surface area contributed by atoms with E-state index in [4.69, 9.17) is 4.74 Å². The standard InChI is InChI=1S/C27H29F3N6O2/c1-35-10-12-36(13-11-35)18-7-9-23(24(14-18)38-2)34-26-31-16-20(27(28,29)30)22(33-26)8-6-17-4-3-5-21-19(17)15-25(37)32-21/h3-5,7,9,14,16H,6,8,10-13,15H2,1-2H3,(H,32,37)(H,31,33,34). The summed E-state index contributed by atoms with van der Waals surface area (Å²) < 4.78 is 46.9. The van der Waals surface area contributed by atoms with E-state index in [9.17, 15) is 18.0 Å². The predicted octanol–water partition coefficient (Wildman–Crippen LogP) is 4.28. The Balaban J connectivity index is 1.38. The number of nitrogens with zero attached hydrogens (tertiary/aromatic N) is 4. The number of aromatic nitrogens is 2. The number of carbonyl (C=O) groups is 1. The molecule has 3 heterocycles. The number of amides is 1. The minimum atomic E-state index is -4.59. The van der Waals surface area contributed by atoms with Crippen LogP contribution < -0.4 is 20.3 Å². The first kappa shape index (κ1) is 25.8. The number of alkyl halides is 3. The Morgan fingerprint density at radius 1 is 1.11 bits per heavy atom. The van der Waals surface area contributed by atoms with Gasteiger partial charge in [0.15, 0.2) is 0 Å². The second-order valence-electron chi connectivity index (χ2n) is 9.52. The lowest BCUT2D eigenvalue weighted by Crippen LogP contribution is -2.44. The van der Waals surface area contributed by atoms with Gasteiger partial charge in [-0.1, -0.05) is 12.1 Å². The zero-order valence-electron chi connectivity index (χ0n) is 21.2. The molecule has 0 atom stereocenters. The molecular formula is C27H29F3N6O2. The number of benzene rings is 2. The Morgan fingerprint density at radius 3 is 2.63 bits per heavy atom. The monoisotopic (exact) mass is 526 g/mol. The van der Waals surface area contributed by atoms with Crippen molar-refractivity contribution in [2.45, 2.75) is 25.4 Å². The number of halogens is 3. The van der Waals surface area contributed by atoms with Crippen LogP contribution in [-0.2, 0) is 30.2 Å². The van der Waals surface area contributed by atoms with E-state index >= 15 is 0 Å². The number of carbonyl (C=O) groups excluding carboxylic acids is 1. The average Bonchev–Trinajstić information content (AvgIpc) is 3.28. The number of nitrogens with one attached hydrogen (secondary N) is 2. The van der Waals surface area contributed by atoms with Crippen LogP contribution in [0.1, 0.15) is 22.4 Å². The summed E-state index contributed by atoms with van der Waals surface area (Å²) in [6.07, 6.45) is -3.21. The third-order valence-electron chi connectivity index (χ3n) is 6.99. The summed E-state index contributed by atoms with van der Waals surface area (Å²) in [5.74, 6) is 0.474. The van der Waals surface area contributed by atoms with Gasteiger partial charge in [-0.25, -0.2) is 9.97 Å². The molecule has 11 heteroatoms. The van der Waals surface area contributed by atoms with Crippen LogP contribution in [0.15, 0.2) is 42.6 Å². The lowest BCUT2D eigenvalue weighted by molar-refractivity contribution is -0.138. The number of hydrogen-bond donors (Lipinski definition) is 2. The van der Waals surface area contributed by atoms with Crippen LogP contribution in [0.4, 0.5) is 36.2 Å². The lowest BCUT2D eigenvalue weighted by Gasteiger charge is -2.34. The van der Waals surface area contributed by atoms with E-state index in [-0.39, 0.29) is 30.4 Å². The second kappa shape index (κ2) is 10.5. The summed E-state index contributed by atoms with van der Waals surface area (Å²) in [6.45, 7) is 3.71. The molecule has 0 bridgehead atoms. The highest BCUT2D eigenvalue weighted by Crippen LogP contribution is 2.35. The number of aryl methyl sites for hydroxylation is 2. The number of likely N-dealkylation sites (N-methyl/N-ethyl adjacent to an activating group) is 1. The van der Waals surface area contributed by atoms with Gasteiger partial charge in [0, 0.05) is 49.8 Å². The Kier molecular flexibility index (Phi) is 7.11. The quantitative estimate of drug-likeness (QED) is 0.476. The second-order valence-corrected chi connectivity index (χ2v) is 9.52. The van der Waals surface area contributed by atoms with Gasteiger partial charge in [0.2, 0.25) is 11.9 Å². The fourth-order valence-corrected chi connectivity index (χ4v) is 4.87. The largest absolute Gasteiger partial charge is 0.494 e. The fraction of sp³-hybridized carbons (Fsp3) is 0.370. The number of hydrogen-bond acceptors (Lipinski definition) is 7. The van der Waals surface area contributed by atoms with Crippen LogP contribution in [0.2, 0.25) is 0 Å². The van der Waals surface area contributed by atoms with Crippen LogP contribution in [-0.4, -0.2) is 61.1 Å². The lowest BCUT2D eigenvalue weighted by atomic mass is 9.98. The van der Waals surface area contributed by atoms with E-state index in [0.29, 0.717) is 23.5 Å². The van der Waals surface area contributed by atoms with Gasteiger partial charge in [-0.2, -0.15) is 13.2 Å². The van der Waals surface area contributed by atoms with Gasteiger partial charge in [0.1, 0.15) is 5.75 Å². The molecule has 3 aromatic rings. The van der Waals surface area contributed by atoms with Crippen LogP contribution in [0, 0.1) is 0 Å². The predicted molar refractivity (Wildman–Crippen MR) is 139 cm³/mol. The number of fused-ring (bicyclic) bond motifs is 1. The zero-order valence-corrected chi connectivity index (χ0v) is 21.2. The van der Waals surface area contributed by atoms with Crippen molar-refractivity contribution in [1.82, 2.24) is 14.9 Å². The molecule has 2 aliphatic rings. The maximum atomic E-state index is 13.8. The molecule has 5 rings (SSSR count). The normalized spacial score (nSPS) is 15.8. The molecule has 8 nitrogen and oxygen atoms in total. The molecular weight excluding hydrogens is 497 g/mol. The van der Waals surface area contributed by atoms with Crippen LogP contribution in [0.5, 0.6) is 5.75 Å². The SMILES string of the molecule is COc1cc(N2CCN(C)CC2)ccc1Nc1ncc(C(F)(F)F)c(CCc2cccc3c2CC(=O)N3)n1. The molecule has 1 saturated heterocycles. The third kappa shape index (κ3) is 5.52. The molecule has 2 aliphatic heterocycles. The first-order valence-corrected chi connectivity index (χ1v) is 12.4. The van der Waals surface area contributed by atoms with Crippen molar-refractivity contribution >= 4 is 28.9 Å². The Bertz CT molecular complexity index is 1340. The van der Waals surface area contributed by atoms with Gasteiger partial charge in [-0.05, 0) is 49.2 Å². The number of rotatable bonds is 7. The number of ether oxygens (including phenoxy) is 1. The van der Waals surface area contributed by atoms with E-state index in [1.807, 2.05) is 24.3 Å². The Labute approximate surface area is 218 Å². The van der Waals surface area contributed by atoms with Gasteiger partial charge >= 0.3 is 6.18 Å². The van der Waals surface area contributed by atoms with Gasteiger partial charge < -0.3 is 25.2 Å². The van der Waals surface area contributed by atoms with E-state index in [2.05, 4.69) is 37.4 Å². The van der Waals surface area contributed by atoms with E-state index in [1.54, 1.807) is 19.2 Å². The smallest absolute Gasteiger partial charge is 0.419 e. The molecule has 1 amide bonds. The van der Waals surface area contributed by atoms with E-state index in [1.165, 1.54) is 0 Å². The van der Waals surface area contributed by atoms with Crippen LogP contribution >= 0.6 is 0 Å². The fourth-order valence-electron chi connectivity index (χ4n) is 4.87. The number of anilines is 4. The van der Waals surface area contributed by atoms with E-state index < -0.39 is 11.7 Å².